The molecule has 4 nitrogen and oxygen atoms in total. The molecule has 2 aromatic carbocycles. The smallest absolute Gasteiger partial charge is 0.339 e. The molecule has 0 aromatic heterocycles. The van der Waals surface area contributed by atoms with E-state index in [4.69, 9.17) is 9.47 Å². The van der Waals surface area contributed by atoms with E-state index in [1.54, 1.807) is 30.3 Å². The summed E-state index contributed by atoms with van der Waals surface area (Å²) in [6, 6.07) is 12.5. The van der Waals surface area contributed by atoms with Gasteiger partial charge in [-0.3, -0.25) is 0 Å². The largest absolute Gasteiger partial charge is 0.462 e. The Morgan fingerprint density at radius 2 is 1.27 bits per heavy atom. The fraction of sp³-hybridized carbons (Fsp3) is 0.440. The second kappa shape index (κ2) is 13.5. The van der Waals surface area contributed by atoms with Crippen molar-refractivity contribution >= 4 is 11.9 Å². The lowest BCUT2D eigenvalue weighted by molar-refractivity contribution is 0.0433. The van der Waals surface area contributed by atoms with Crippen molar-refractivity contribution in [1.82, 2.24) is 0 Å². The number of carbonyl (C=O) groups is 2. The fourth-order valence-corrected chi connectivity index (χ4v) is 3.15. The van der Waals surface area contributed by atoms with Gasteiger partial charge in [-0.15, -0.1) is 0 Å². The molecule has 0 amide bonds. The first-order chi connectivity index (χ1) is 14.6. The number of benzene rings is 2. The predicted molar refractivity (Wildman–Crippen MR) is 115 cm³/mol. The third-order valence-electron chi connectivity index (χ3n) is 4.91. The zero-order valence-electron chi connectivity index (χ0n) is 17.7. The lowest BCUT2D eigenvalue weighted by Crippen LogP contribution is -2.14. The third kappa shape index (κ3) is 7.97. The summed E-state index contributed by atoms with van der Waals surface area (Å²) in [7, 11) is 0. The number of carbonyl (C=O) groups excluding carboxylic acids is 2. The van der Waals surface area contributed by atoms with Crippen molar-refractivity contribution in [3.8, 4) is 0 Å². The van der Waals surface area contributed by atoms with E-state index < -0.39 is 17.8 Å². The molecule has 0 saturated heterocycles. The number of ether oxygens (including phenoxy) is 2. The van der Waals surface area contributed by atoms with E-state index in [-0.39, 0.29) is 23.3 Å². The number of hydrogen-bond donors (Lipinski definition) is 0. The summed E-state index contributed by atoms with van der Waals surface area (Å²) >= 11 is 0. The normalized spacial score (nSPS) is 10.6. The maximum absolute atomic E-state index is 13.7. The van der Waals surface area contributed by atoms with Gasteiger partial charge in [0.2, 0.25) is 0 Å². The highest BCUT2D eigenvalue weighted by Crippen LogP contribution is 2.15. The van der Waals surface area contributed by atoms with Crippen molar-refractivity contribution in [3.05, 3.63) is 71.0 Å². The minimum atomic E-state index is -0.683. The summed E-state index contributed by atoms with van der Waals surface area (Å²) in [6.45, 7) is 2.33. The van der Waals surface area contributed by atoms with Gasteiger partial charge in [0.05, 0.1) is 17.7 Å². The Kier molecular flexibility index (Phi) is 10.6. The molecule has 2 aromatic rings. The lowest BCUT2D eigenvalue weighted by atomic mass is 10.1. The minimum Gasteiger partial charge on any atom is -0.462 e. The molecule has 0 atom stereocenters. The molecule has 0 aliphatic rings. The Labute approximate surface area is 178 Å². The van der Waals surface area contributed by atoms with Gasteiger partial charge in [-0.05, 0) is 24.6 Å². The van der Waals surface area contributed by atoms with Crippen LogP contribution in [-0.4, -0.2) is 18.5 Å². The predicted octanol–water partition coefficient (Wildman–Crippen LogP) is 6.48. The first-order valence-electron chi connectivity index (χ1n) is 10.8. The number of esters is 2. The van der Waals surface area contributed by atoms with E-state index >= 15 is 0 Å². The summed E-state index contributed by atoms with van der Waals surface area (Å²) < 4.78 is 24.2. The molecule has 162 valence electrons. The second-order valence-corrected chi connectivity index (χ2v) is 7.32. The van der Waals surface area contributed by atoms with Crippen LogP contribution >= 0.6 is 0 Å². The second-order valence-electron chi connectivity index (χ2n) is 7.32. The Morgan fingerprint density at radius 3 is 1.90 bits per heavy atom. The van der Waals surface area contributed by atoms with Crippen molar-refractivity contribution in [2.75, 3.05) is 6.61 Å². The van der Waals surface area contributed by atoms with Crippen LogP contribution < -0.4 is 0 Å². The molecule has 0 spiro atoms. The molecular formula is C25H31FO4. The van der Waals surface area contributed by atoms with Crippen LogP contribution in [0.2, 0.25) is 0 Å². The van der Waals surface area contributed by atoms with Crippen molar-refractivity contribution in [1.29, 1.82) is 0 Å². The summed E-state index contributed by atoms with van der Waals surface area (Å²) in [4.78, 5) is 24.8. The van der Waals surface area contributed by atoms with E-state index in [2.05, 4.69) is 6.92 Å². The van der Waals surface area contributed by atoms with Gasteiger partial charge in [-0.25, -0.2) is 14.0 Å². The fourth-order valence-electron chi connectivity index (χ4n) is 3.15. The minimum absolute atomic E-state index is 0.120. The van der Waals surface area contributed by atoms with Crippen molar-refractivity contribution in [3.63, 3.8) is 0 Å². The van der Waals surface area contributed by atoms with E-state index in [0.717, 1.165) is 19.3 Å². The van der Waals surface area contributed by atoms with Crippen LogP contribution in [0.1, 0.15) is 84.6 Å². The van der Waals surface area contributed by atoms with Crippen LogP contribution in [0, 0.1) is 5.82 Å². The quantitative estimate of drug-likeness (QED) is 0.278. The maximum Gasteiger partial charge on any atom is 0.339 e. The lowest BCUT2D eigenvalue weighted by Gasteiger charge is -2.10. The van der Waals surface area contributed by atoms with E-state index in [1.807, 2.05) is 0 Å². The monoisotopic (exact) mass is 414 g/mol. The molecule has 0 saturated carbocycles. The van der Waals surface area contributed by atoms with Gasteiger partial charge in [0, 0.05) is 5.56 Å². The highest BCUT2D eigenvalue weighted by atomic mass is 19.1. The average Bonchev–Trinajstić information content (AvgIpc) is 2.77. The zero-order chi connectivity index (χ0) is 21.6. The number of rotatable bonds is 13. The van der Waals surface area contributed by atoms with Crippen molar-refractivity contribution in [2.24, 2.45) is 0 Å². The molecular weight excluding hydrogens is 383 g/mol. The van der Waals surface area contributed by atoms with Gasteiger partial charge in [-0.1, -0.05) is 82.2 Å². The van der Waals surface area contributed by atoms with E-state index in [1.165, 1.54) is 50.3 Å². The average molecular weight is 415 g/mol. The first-order valence-corrected chi connectivity index (χ1v) is 10.8. The topological polar surface area (TPSA) is 52.6 Å². The van der Waals surface area contributed by atoms with E-state index in [9.17, 15) is 14.0 Å². The number of unbranched alkanes of at least 4 members (excludes halogenated alkanes) is 7. The molecule has 0 heterocycles. The van der Waals surface area contributed by atoms with Crippen LogP contribution in [0.4, 0.5) is 4.39 Å². The highest BCUT2D eigenvalue weighted by molar-refractivity contribution is 6.03. The van der Waals surface area contributed by atoms with Gasteiger partial charge >= 0.3 is 11.9 Å². The third-order valence-corrected chi connectivity index (χ3v) is 4.91. The number of hydrogen-bond acceptors (Lipinski definition) is 4. The summed E-state index contributed by atoms with van der Waals surface area (Å²) in [5, 5.41) is 0. The molecule has 0 fully saturated rings. The standard InChI is InChI=1S/C25H31FO4/c1-2-3-4-5-6-7-8-13-18-29-24(27)21-15-10-11-16-22(21)25(28)30-19-20-14-9-12-17-23(20)26/h9-12,14-17H,2-8,13,18-19H2,1H3. The summed E-state index contributed by atoms with van der Waals surface area (Å²) in [5.74, 6) is -1.67. The molecule has 0 bridgehead atoms. The van der Waals surface area contributed by atoms with Crippen LogP contribution in [-0.2, 0) is 16.1 Å². The molecule has 0 unspecified atom stereocenters. The molecule has 0 aliphatic carbocycles. The Morgan fingerprint density at radius 1 is 0.733 bits per heavy atom. The summed E-state index contributed by atoms with van der Waals surface area (Å²) in [5.41, 5.74) is 0.561. The highest BCUT2D eigenvalue weighted by Gasteiger charge is 2.19. The zero-order valence-corrected chi connectivity index (χ0v) is 17.7. The summed E-state index contributed by atoms with van der Waals surface area (Å²) in [6.07, 6.45) is 9.26. The van der Waals surface area contributed by atoms with Gasteiger partial charge in [0.25, 0.3) is 0 Å². The molecule has 30 heavy (non-hydrogen) atoms. The Bertz CT molecular complexity index is 803. The molecule has 2 rings (SSSR count). The van der Waals surface area contributed by atoms with Gasteiger partial charge in [-0.2, -0.15) is 0 Å². The van der Waals surface area contributed by atoms with Crippen LogP contribution in [0.15, 0.2) is 48.5 Å². The van der Waals surface area contributed by atoms with Gasteiger partial charge in [0.15, 0.2) is 0 Å². The van der Waals surface area contributed by atoms with Crippen LogP contribution in [0.5, 0.6) is 0 Å². The number of halogens is 1. The molecule has 0 aliphatic heterocycles. The first kappa shape index (κ1) is 23.6. The molecule has 5 heteroatoms. The van der Waals surface area contributed by atoms with Gasteiger partial charge in [0.1, 0.15) is 12.4 Å². The maximum atomic E-state index is 13.7. The van der Waals surface area contributed by atoms with Crippen LogP contribution in [0.3, 0.4) is 0 Å². The van der Waals surface area contributed by atoms with Crippen molar-refractivity contribution < 1.29 is 23.5 Å². The Balaban J connectivity index is 1.78. The van der Waals surface area contributed by atoms with Gasteiger partial charge < -0.3 is 9.47 Å². The van der Waals surface area contributed by atoms with Crippen molar-refractivity contribution in [2.45, 2.75) is 64.9 Å². The molecule has 0 radical (unpaired) electrons. The Hall–Kier alpha value is -2.69. The van der Waals surface area contributed by atoms with Crippen LogP contribution in [0.25, 0.3) is 0 Å². The molecule has 0 N–H and O–H groups in total. The SMILES string of the molecule is CCCCCCCCCCOC(=O)c1ccccc1C(=O)OCc1ccccc1F. The van der Waals surface area contributed by atoms with E-state index in [0.29, 0.717) is 6.61 Å².